The highest BCUT2D eigenvalue weighted by atomic mass is 19.1. The molecule has 0 saturated heterocycles. The van der Waals surface area contributed by atoms with Crippen molar-refractivity contribution < 1.29 is 4.39 Å². The summed E-state index contributed by atoms with van der Waals surface area (Å²) in [5, 5.41) is 0. The van der Waals surface area contributed by atoms with Gasteiger partial charge in [-0.25, -0.2) is 4.39 Å². The van der Waals surface area contributed by atoms with Crippen molar-refractivity contribution >= 4 is 0 Å². The maximum Gasteiger partial charge on any atom is 0.123 e. The second-order valence-electron chi connectivity index (χ2n) is 8.05. The minimum Gasteiger partial charge on any atom is -0.207 e. The van der Waals surface area contributed by atoms with Crippen LogP contribution in [0.3, 0.4) is 0 Å². The zero-order valence-corrected chi connectivity index (χ0v) is 15.8. The SMILES string of the molecule is CCCC=CC1CCc2c(ccc3c2CCC(c2ccc(F)cc2)C3)C1. The fourth-order valence-electron chi connectivity index (χ4n) is 4.83. The summed E-state index contributed by atoms with van der Waals surface area (Å²) in [4.78, 5) is 0. The van der Waals surface area contributed by atoms with Crippen LogP contribution in [0.25, 0.3) is 0 Å². The molecule has 2 aliphatic rings. The summed E-state index contributed by atoms with van der Waals surface area (Å²) in [6.07, 6.45) is 14.5. The van der Waals surface area contributed by atoms with Gasteiger partial charge in [0.25, 0.3) is 0 Å². The lowest BCUT2D eigenvalue weighted by molar-refractivity contribution is 0.532. The molecule has 0 fully saturated rings. The highest BCUT2D eigenvalue weighted by Crippen LogP contribution is 2.38. The van der Waals surface area contributed by atoms with Gasteiger partial charge in [-0.15, -0.1) is 0 Å². The molecule has 4 rings (SSSR count). The lowest BCUT2D eigenvalue weighted by Gasteiger charge is -2.31. The van der Waals surface area contributed by atoms with Crippen molar-refractivity contribution in [2.75, 3.05) is 0 Å². The Morgan fingerprint density at radius 3 is 2.35 bits per heavy atom. The minimum absolute atomic E-state index is 0.137. The predicted octanol–water partition coefficient (Wildman–Crippen LogP) is 6.56. The van der Waals surface area contributed by atoms with Crippen molar-refractivity contribution in [3.8, 4) is 0 Å². The van der Waals surface area contributed by atoms with E-state index in [1.165, 1.54) is 56.1 Å². The smallest absolute Gasteiger partial charge is 0.123 e. The molecule has 0 saturated carbocycles. The van der Waals surface area contributed by atoms with E-state index in [2.05, 4.69) is 31.2 Å². The average molecular weight is 349 g/mol. The van der Waals surface area contributed by atoms with Crippen LogP contribution in [0.2, 0.25) is 0 Å². The first-order valence-corrected chi connectivity index (χ1v) is 10.3. The third kappa shape index (κ3) is 3.63. The monoisotopic (exact) mass is 348 g/mol. The van der Waals surface area contributed by atoms with Crippen LogP contribution in [-0.4, -0.2) is 0 Å². The van der Waals surface area contributed by atoms with Crippen LogP contribution < -0.4 is 0 Å². The molecular formula is C25H29F. The highest BCUT2D eigenvalue weighted by Gasteiger charge is 2.26. The molecule has 0 radical (unpaired) electrons. The summed E-state index contributed by atoms with van der Waals surface area (Å²) in [6, 6.07) is 11.9. The molecule has 1 heteroatoms. The molecule has 2 atom stereocenters. The fourth-order valence-corrected chi connectivity index (χ4v) is 4.83. The van der Waals surface area contributed by atoms with Crippen molar-refractivity contribution in [3.05, 3.63) is 82.2 Å². The number of benzene rings is 2. The number of halogens is 1. The Balaban J connectivity index is 1.51. The van der Waals surface area contributed by atoms with Crippen molar-refractivity contribution in [1.82, 2.24) is 0 Å². The molecule has 0 aromatic heterocycles. The van der Waals surface area contributed by atoms with Gasteiger partial charge in [-0.1, -0.05) is 49.8 Å². The van der Waals surface area contributed by atoms with Crippen LogP contribution >= 0.6 is 0 Å². The van der Waals surface area contributed by atoms with Gasteiger partial charge in [0.1, 0.15) is 5.82 Å². The molecule has 2 aromatic rings. The first-order chi connectivity index (χ1) is 12.7. The number of hydrogen-bond donors (Lipinski definition) is 0. The first-order valence-electron chi connectivity index (χ1n) is 10.3. The van der Waals surface area contributed by atoms with E-state index in [1.54, 1.807) is 28.8 Å². The van der Waals surface area contributed by atoms with E-state index in [1.807, 2.05) is 12.1 Å². The summed E-state index contributed by atoms with van der Waals surface area (Å²) in [6.45, 7) is 2.24. The Bertz CT molecular complexity index is 785. The molecule has 2 unspecified atom stereocenters. The van der Waals surface area contributed by atoms with Crippen molar-refractivity contribution in [1.29, 1.82) is 0 Å². The molecule has 0 N–H and O–H groups in total. The van der Waals surface area contributed by atoms with Crippen molar-refractivity contribution in [2.24, 2.45) is 5.92 Å². The third-order valence-electron chi connectivity index (χ3n) is 6.29. The predicted molar refractivity (Wildman–Crippen MR) is 107 cm³/mol. The Morgan fingerprint density at radius 2 is 1.62 bits per heavy atom. The Morgan fingerprint density at radius 1 is 0.923 bits per heavy atom. The maximum atomic E-state index is 13.2. The van der Waals surface area contributed by atoms with Gasteiger partial charge in [0.15, 0.2) is 0 Å². The summed E-state index contributed by atoms with van der Waals surface area (Å²) in [7, 11) is 0. The quantitative estimate of drug-likeness (QED) is 0.549. The number of unbranched alkanes of at least 4 members (excludes halogenated alkanes) is 1. The average Bonchev–Trinajstić information content (AvgIpc) is 2.68. The lowest BCUT2D eigenvalue weighted by atomic mass is 9.74. The fraction of sp³-hybridized carbons (Fsp3) is 0.440. The standard InChI is InChI=1S/C25H29F/c1-2-3-4-5-18-6-14-24-21(16-18)7-8-22-17-20(11-15-25(22)24)19-9-12-23(26)13-10-19/h4-5,7-10,12-13,18,20H,2-3,6,11,14-17H2,1H3. The summed E-state index contributed by atoms with van der Waals surface area (Å²) in [5.74, 6) is 1.12. The van der Waals surface area contributed by atoms with E-state index in [0.29, 0.717) is 5.92 Å². The molecule has 26 heavy (non-hydrogen) atoms. The highest BCUT2D eigenvalue weighted by molar-refractivity contribution is 5.45. The van der Waals surface area contributed by atoms with E-state index in [-0.39, 0.29) is 5.82 Å². The maximum absolute atomic E-state index is 13.2. The normalized spacial score (nSPS) is 22.2. The van der Waals surface area contributed by atoms with Gasteiger partial charge in [0.2, 0.25) is 0 Å². The molecule has 0 amide bonds. The van der Waals surface area contributed by atoms with Crippen LogP contribution in [0.5, 0.6) is 0 Å². The molecule has 136 valence electrons. The van der Waals surface area contributed by atoms with Crippen LogP contribution in [-0.2, 0) is 25.7 Å². The van der Waals surface area contributed by atoms with Crippen LogP contribution in [0, 0.1) is 11.7 Å². The summed E-state index contributed by atoms with van der Waals surface area (Å²) < 4.78 is 13.2. The largest absolute Gasteiger partial charge is 0.207 e. The molecule has 0 spiro atoms. The van der Waals surface area contributed by atoms with Crippen molar-refractivity contribution in [3.63, 3.8) is 0 Å². The van der Waals surface area contributed by atoms with Crippen molar-refractivity contribution in [2.45, 2.75) is 64.2 Å². The van der Waals surface area contributed by atoms with E-state index in [9.17, 15) is 4.39 Å². The second kappa shape index (κ2) is 7.78. The molecule has 0 nitrogen and oxygen atoms in total. The number of hydrogen-bond acceptors (Lipinski definition) is 0. The minimum atomic E-state index is -0.137. The van der Waals surface area contributed by atoms with Crippen LogP contribution in [0.15, 0.2) is 48.6 Å². The van der Waals surface area contributed by atoms with E-state index in [0.717, 1.165) is 12.3 Å². The number of allylic oxidation sites excluding steroid dienone is 2. The third-order valence-corrected chi connectivity index (χ3v) is 6.29. The van der Waals surface area contributed by atoms with Gasteiger partial charge >= 0.3 is 0 Å². The summed E-state index contributed by atoms with van der Waals surface area (Å²) in [5.41, 5.74) is 7.69. The lowest BCUT2D eigenvalue weighted by Crippen LogP contribution is -2.20. The van der Waals surface area contributed by atoms with E-state index >= 15 is 0 Å². The van der Waals surface area contributed by atoms with E-state index in [4.69, 9.17) is 0 Å². The van der Waals surface area contributed by atoms with Crippen LogP contribution in [0.1, 0.15) is 66.3 Å². The number of fused-ring (bicyclic) bond motifs is 3. The Hall–Kier alpha value is -1.89. The summed E-state index contributed by atoms with van der Waals surface area (Å²) >= 11 is 0. The van der Waals surface area contributed by atoms with E-state index < -0.39 is 0 Å². The van der Waals surface area contributed by atoms with Crippen LogP contribution in [0.4, 0.5) is 4.39 Å². The van der Waals surface area contributed by atoms with Gasteiger partial charge in [0.05, 0.1) is 0 Å². The zero-order valence-electron chi connectivity index (χ0n) is 15.8. The molecule has 2 aliphatic carbocycles. The molecule has 2 aromatic carbocycles. The number of rotatable bonds is 4. The molecule has 0 bridgehead atoms. The van der Waals surface area contributed by atoms with Gasteiger partial charge in [-0.05, 0) is 96.7 Å². The molecule has 0 aliphatic heterocycles. The Kier molecular flexibility index (Phi) is 5.24. The van der Waals surface area contributed by atoms with Gasteiger partial charge in [-0.2, -0.15) is 0 Å². The molecule has 0 heterocycles. The van der Waals surface area contributed by atoms with Gasteiger partial charge < -0.3 is 0 Å². The van der Waals surface area contributed by atoms with Gasteiger partial charge in [-0.3, -0.25) is 0 Å². The topological polar surface area (TPSA) is 0 Å². The zero-order chi connectivity index (χ0) is 17.9. The molecular weight excluding hydrogens is 319 g/mol. The van der Waals surface area contributed by atoms with Gasteiger partial charge in [0, 0.05) is 0 Å². The second-order valence-corrected chi connectivity index (χ2v) is 8.05. The Labute approximate surface area is 157 Å². The first kappa shape index (κ1) is 17.5.